The molecule has 402 valence electrons. The van der Waals surface area contributed by atoms with Gasteiger partial charge in [-0.25, -0.2) is 0 Å². The predicted molar refractivity (Wildman–Crippen MR) is 296 cm³/mol. The molecule has 0 aliphatic carbocycles. The van der Waals surface area contributed by atoms with E-state index in [1.165, 1.54) is 257 Å². The first-order valence-electron chi connectivity index (χ1n) is 30.6. The van der Waals surface area contributed by atoms with E-state index in [4.69, 9.17) is 4.74 Å². The van der Waals surface area contributed by atoms with Gasteiger partial charge < -0.3 is 20.3 Å². The summed E-state index contributed by atoms with van der Waals surface area (Å²) < 4.78 is 5.48. The molecular formula is C62H119NO5. The fourth-order valence-corrected chi connectivity index (χ4v) is 9.55. The second-order valence-electron chi connectivity index (χ2n) is 21.0. The predicted octanol–water partition coefficient (Wildman–Crippen LogP) is 19.0. The van der Waals surface area contributed by atoms with Crippen LogP contribution in [-0.4, -0.2) is 47.4 Å². The van der Waals surface area contributed by atoms with Crippen LogP contribution in [0.2, 0.25) is 0 Å². The number of nitrogens with one attached hydrogen (secondary N) is 1. The SMILES string of the molecule is CCCCCCCCCCCCCCCC(=O)OCCCCCCCCCCC/C=C\C/C=C\CCCCCCCCCCCCCCCC(=O)NC(CO)C(O)CCCCCCCCCCC. The number of aliphatic hydroxyl groups is 2. The molecule has 0 aromatic rings. The van der Waals surface area contributed by atoms with E-state index in [-0.39, 0.29) is 18.5 Å². The van der Waals surface area contributed by atoms with Crippen LogP contribution in [0.25, 0.3) is 0 Å². The minimum absolute atomic E-state index is 0.0136. The Morgan fingerprint density at radius 1 is 0.412 bits per heavy atom. The van der Waals surface area contributed by atoms with Gasteiger partial charge in [-0.1, -0.05) is 289 Å². The van der Waals surface area contributed by atoms with Gasteiger partial charge in [0.15, 0.2) is 0 Å². The van der Waals surface area contributed by atoms with Gasteiger partial charge >= 0.3 is 5.97 Å². The molecule has 0 saturated heterocycles. The van der Waals surface area contributed by atoms with Gasteiger partial charge in [0.2, 0.25) is 5.91 Å². The maximum absolute atomic E-state index is 12.4. The van der Waals surface area contributed by atoms with Crippen molar-refractivity contribution in [2.45, 2.75) is 347 Å². The van der Waals surface area contributed by atoms with E-state index in [1.807, 2.05) is 0 Å². The van der Waals surface area contributed by atoms with E-state index in [2.05, 4.69) is 43.5 Å². The summed E-state index contributed by atoms with van der Waals surface area (Å²) in [5, 5.41) is 23.1. The fraction of sp³-hybridized carbons (Fsp3) is 0.903. The Kier molecular flexibility index (Phi) is 56.5. The number of hydrogen-bond acceptors (Lipinski definition) is 5. The topological polar surface area (TPSA) is 95.9 Å². The Labute approximate surface area is 424 Å². The number of amides is 1. The number of esters is 1. The molecule has 2 atom stereocenters. The molecule has 6 heteroatoms. The summed E-state index contributed by atoms with van der Waals surface area (Å²) in [4.78, 5) is 24.4. The van der Waals surface area contributed by atoms with Crippen molar-refractivity contribution in [2.75, 3.05) is 13.2 Å². The third-order valence-corrected chi connectivity index (χ3v) is 14.3. The molecule has 0 fully saturated rings. The summed E-state index contributed by atoms with van der Waals surface area (Å²) in [6.45, 7) is 4.94. The van der Waals surface area contributed by atoms with Crippen molar-refractivity contribution in [3.8, 4) is 0 Å². The second-order valence-corrected chi connectivity index (χ2v) is 21.0. The van der Waals surface area contributed by atoms with Gasteiger partial charge in [0.1, 0.15) is 0 Å². The van der Waals surface area contributed by atoms with Crippen LogP contribution in [-0.2, 0) is 14.3 Å². The van der Waals surface area contributed by atoms with Crippen molar-refractivity contribution in [3.05, 3.63) is 24.3 Å². The molecule has 0 aliphatic heterocycles. The monoisotopic (exact) mass is 958 g/mol. The summed E-state index contributed by atoms with van der Waals surface area (Å²) in [5.41, 5.74) is 0. The number of hydrogen-bond donors (Lipinski definition) is 3. The van der Waals surface area contributed by atoms with Crippen molar-refractivity contribution < 1.29 is 24.5 Å². The van der Waals surface area contributed by atoms with Crippen LogP contribution in [0.15, 0.2) is 24.3 Å². The largest absolute Gasteiger partial charge is 0.466 e. The molecule has 0 bridgehead atoms. The highest BCUT2D eigenvalue weighted by Gasteiger charge is 2.20. The Balaban J connectivity index is 3.37. The van der Waals surface area contributed by atoms with E-state index >= 15 is 0 Å². The number of carbonyl (C=O) groups is 2. The molecule has 0 aromatic heterocycles. The second kappa shape index (κ2) is 57.9. The lowest BCUT2D eigenvalue weighted by atomic mass is 10.0. The zero-order valence-electron chi connectivity index (χ0n) is 45.9. The Hall–Kier alpha value is -1.66. The van der Waals surface area contributed by atoms with Crippen LogP contribution in [0, 0.1) is 0 Å². The molecule has 2 unspecified atom stereocenters. The van der Waals surface area contributed by atoms with Crippen LogP contribution in [0.1, 0.15) is 335 Å². The third-order valence-electron chi connectivity index (χ3n) is 14.3. The van der Waals surface area contributed by atoms with E-state index < -0.39 is 12.1 Å². The molecule has 6 nitrogen and oxygen atoms in total. The van der Waals surface area contributed by atoms with Crippen molar-refractivity contribution in [3.63, 3.8) is 0 Å². The lowest BCUT2D eigenvalue weighted by molar-refractivity contribution is -0.143. The Morgan fingerprint density at radius 3 is 1.12 bits per heavy atom. The average molecular weight is 959 g/mol. The standard InChI is InChI=1S/C62H119NO5/c1-3-5-7-9-11-13-14-32-36-40-44-48-52-56-62(67)68-57-53-49-45-41-37-34-31-29-27-25-23-21-19-17-15-16-18-20-22-24-26-28-30-33-35-39-43-47-51-55-61(66)63-59(58-64)60(65)54-50-46-42-38-12-10-8-6-4-2/h15,17,21,23,59-60,64-65H,3-14,16,18-20,22,24-58H2,1-2H3,(H,63,66)/b17-15-,23-21-. The Bertz CT molecular complexity index is 1060. The first-order chi connectivity index (χ1) is 33.5. The molecule has 0 heterocycles. The van der Waals surface area contributed by atoms with Crippen molar-refractivity contribution in [1.29, 1.82) is 0 Å². The van der Waals surface area contributed by atoms with Crippen LogP contribution < -0.4 is 5.32 Å². The van der Waals surface area contributed by atoms with Crippen LogP contribution in [0.3, 0.4) is 0 Å². The number of rotatable bonds is 57. The highest BCUT2D eigenvalue weighted by atomic mass is 16.5. The summed E-state index contributed by atoms with van der Waals surface area (Å²) in [5.74, 6) is -0.0239. The molecule has 68 heavy (non-hydrogen) atoms. The van der Waals surface area contributed by atoms with Crippen LogP contribution >= 0.6 is 0 Å². The van der Waals surface area contributed by atoms with E-state index in [9.17, 15) is 19.8 Å². The zero-order chi connectivity index (χ0) is 49.3. The van der Waals surface area contributed by atoms with Crippen LogP contribution in [0.5, 0.6) is 0 Å². The summed E-state index contributed by atoms with van der Waals surface area (Å²) >= 11 is 0. The first kappa shape index (κ1) is 66.3. The molecule has 0 aliphatic rings. The van der Waals surface area contributed by atoms with Crippen LogP contribution in [0.4, 0.5) is 0 Å². The van der Waals surface area contributed by atoms with Crippen molar-refractivity contribution in [1.82, 2.24) is 5.32 Å². The minimum atomic E-state index is -0.662. The van der Waals surface area contributed by atoms with Gasteiger partial charge in [-0.2, -0.15) is 0 Å². The molecule has 0 rings (SSSR count). The highest BCUT2D eigenvalue weighted by Crippen LogP contribution is 2.17. The number of unbranched alkanes of at least 4 members (excludes halogenated alkanes) is 42. The molecule has 3 N–H and O–H groups in total. The van der Waals surface area contributed by atoms with Crippen molar-refractivity contribution in [2.24, 2.45) is 0 Å². The van der Waals surface area contributed by atoms with Gasteiger partial charge in [-0.05, 0) is 57.8 Å². The van der Waals surface area contributed by atoms with Gasteiger partial charge in [-0.3, -0.25) is 9.59 Å². The number of allylic oxidation sites excluding steroid dienone is 4. The minimum Gasteiger partial charge on any atom is -0.466 e. The first-order valence-corrected chi connectivity index (χ1v) is 30.6. The van der Waals surface area contributed by atoms with Gasteiger partial charge in [-0.15, -0.1) is 0 Å². The highest BCUT2D eigenvalue weighted by molar-refractivity contribution is 5.76. The molecular weight excluding hydrogens is 839 g/mol. The average Bonchev–Trinajstić information content (AvgIpc) is 3.34. The molecule has 0 radical (unpaired) electrons. The Morgan fingerprint density at radius 2 is 0.735 bits per heavy atom. The summed E-state index contributed by atoms with van der Waals surface area (Å²) in [6, 6.07) is -0.539. The zero-order valence-corrected chi connectivity index (χ0v) is 45.9. The molecule has 0 spiro atoms. The van der Waals surface area contributed by atoms with E-state index in [1.54, 1.807) is 0 Å². The fourth-order valence-electron chi connectivity index (χ4n) is 9.55. The molecule has 0 aromatic carbocycles. The van der Waals surface area contributed by atoms with E-state index in [0.29, 0.717) is 25.9 Å². The number of ether oxygens (including phenoxy) is 1. The summed E-state index contributed by atoms with van der Waals surface area (Å²) in [6.07, 6.45) is 70.6. The molecule has 0 saturated carbocycles. The maximum Gasteiger partial charge on any atom is 0.305 e. The normalized spacial score (nSPS) is 12.7. The van der Waals surface area contributed by atoms with E-state index in [0.717, 1.165) is 44.9 Å². The number of aliphatic hydroxyl groups excluding tert-OH is 2. The van der Waals surface area contributed by atoms with Crippen molar-refractivity contribution >= 4 is 11.9 Å². The maximum atomic E-state index is 12.4. The van der Waals surface area contributed by atoms with Gasteiger partial charge in [0, 0.05) is 12.8 Å². The van der Waals surface area contributed by atoms with Gasteiger partial charge in [0.25, 0.3) is 0 Å². The van der Waals surface area contributed by atoms with Gasteiger partial charge in [0.05, 0.1) is 25.4 Å². The summed E-state index contributed by atoms with van der Waals surface area (Å²) in [7, 11) is 0. The quantitative estimate of drug-likeness (QED) is 0.0321. The smallest absolute Gasteiger partial charge is 0.305 e. The lowest BCUT2D eigenvalue weighted by Gasteiger charge is -2.22. The number of carbonyl (C=O) groups excluding carboxylic acids is 2. The lowest BCUT2D eigenvalue weighted by Crippen LogP contribution is -2.45. The molecule has 1 amide bonds. The third kappa shape index (κ3) is 53.7.